The molecule has 1 unspecified atom stereocenters. The van der Waals surface area contributed by atoms with Crippen molar-refractivity contribution in [3.63, 3.8) is 0 Å². The standard InChI is InChI=1S/C13H10O5S/c1-6(13(17)18)19-12-10(15)8-5-3-2-4-7(8)9(14)11(12)16/h2-6,15H,1H3,(H,17,18). The molecule has 1 aromatic rings. The molecule has 2 N–H and O–H groups in total. The highest BCUT2D eigenvalue weighted by molar-refractivity contribution is 8.05. The van der Waals surface area contributed by atoms with Gasteiger partial charge in [-0.25, -0.2) is 0 Å². The molecular formula is C13H10O5S. The first-order valence-electron chi connectivity index (χ1n) is 5.44. The van der Waals surface area contributed by atoms with E-state index in [4.69, 9.17) is 5.11 Å². The number of aliphatic hydroxyl groups excluding tert-OH is 1. The summed E-state index contributed by atoms with van der Waals surface area (Å²) in [5, 5.41) is 17.9. The Hall–Kier alpha value is -2.08. The minimum absolute atomic E-state index is 0.136. The number of allylic oxidation sites excluding steroid dienone is 1. The Morgan fingerprint density at radius 3 is 2.32 bits per heavy atom. The highest BCUT2D eigenvalue weighted by atomic mass is 32.2. The van der Waals surface area contributed by atoms with Gasteiger partial charge in [-0.15, -0.1) is 11.8 Å². The van der Waals surface area contributed by atoms with E-state index < -0.39 is 22.8 Å². The number of benzene rings is 1. The molecule has 0 heterocycles. The number of carboxylic acids is 1. The number of hydrogen-bond acceptors (Lipinski definition) is 5. The van der Waals surface area contributed by atoms with Crippen LogP contribution in [-0.2, 0) is 9.59 Å². The molecule has 1 atom stereocenters. The molecule has 1 aliphatic carbocycles. The van der Waals surface area contributed by atoms with Gasteiger partial charge in [-0.1, -0.05) is 24.3 Å². The van der Waals surface area contributed by atoms with Crippen LogP contribution < -0.4 is 0 Å². The van der Waals surface area contributed by atoms with Gasteiger partial charge in [-0.05, 0) is 6.92 Å². The zero-order valence-corrected chi connectivity index (χ0v) is 10.7. The first-order chi connectivity index (χ1) is 8.93. The predicted octanol–water partition coefficient (Wildman–Crippen LogP) is 1.88. The summed E-state index contributed by atoms with van der Waals surface area (Å²) in [5.41, 5.74) is 0.393. The van der Waals surface area contributed by atoms with Crippen molar-refractivity contribution >= 4 is 35.1 Å². The molecule has 1 aromatic carbocycles. The summed E-state index contributed by atoms with van der Waals surface area (Å²) in [5.74, 6) is -3.05. The minimum atomic E-state index is -1.12. The highest BCUT2D eigenvalue weighted by Crippen LogP contribution is 2.35. The quantitative estimate of drug-likeness (QED) is 0.820. The van der Waals surface area contributed by atoms with Gasteiger partial charge in [0.05, 0.1) is 0 Å². The smallest absolute Gasteiger partial charge is 0.316 e. The minimum Gasteiger partial charge on any atom is -0.506 e. The van der Waals surface area contributed by atoms with Crippen LogP contribution in [0.3, 0.4) is 0 Å². The number of hydrogen-bond donors (Lipinski definition) is 2. The molecule has 0 saturated heterocycles. The van der Waals surface area contributed by atoms with E-state index in [0.29, 0.717) is 11.8 Å². The fourth-order valence-electron chi connectivity index (χ4n) is 1.68. The summed E-state index contributed by atoms with van der Waals surface area (Å²) in [4.78, 5) is 34.3. The lowest BCUT2D eigenvalue weighted by molar-refractivity contribution is -0.136. The molecule has 0 spiro atoms. The van der Waals surface area contributed by atoms with Crippen LogP contribution in [0, 0.1) is 0 Å². The van der Waals surface area contributed by atoms with Crippen molar-refractivity contribution < 1.29 is 24.6 Å². The Kier molecular flexibility index (Phi) is 3.44. The van der Waals surface area contributed by atoms with Crippen molar-refractivity contribution in [2.45, 2.75) is 12.2 Å². The second-order valence-corrected chi connectivity index (χ2v) is 5.33. The van der Waals surface area contributed by atoms with Gasteiger partial charge >= 0.3 is 5.97 Å². The average Bonchev–Trinajstić information content (AvgIpc) is 2.40. The number of aliphatic hydroxyl groups is 1. The Morgan fingerprint density at radius 1 is 1.16 bits per heavy atom. The largest absolute Gasteiger partial charge is 0.506 e. The summed E-state index contributed by atoms with van der Waals surface area (Å²) in [7, 11) is 0. The molecule has 0 saturated carbocycles. The maximum absolute atomic E-state index is 11.9. The number of thioether (sulfide) groups is 1. The summed E-state index contributed by atoms with van der Waals surface area (Å²) in [6.07, 6.45) is 0. The average molecular weight is 278 g/mol. The van der Waals surface area contributed by atoms with Crippen LogP contribution in [0.2, 0.25) is 0 Å². The summed E-state index contributed by atoms with van der Waals surface area (Å²) in [6, 6.07) is 6.19. The van der Waals surface area contributed by atoms with Crippen molar-refractivity contribution in [3.05, 3.63) is 40.3 Å². The van der Waals surface area contributed by atoms with Crippen LogP contribution in [0.25, 0.3) is 5.76 Å². The van der Waals surface area contributed by atoms with E-state index in [1.165, 1.54) is 19.1 Å². The Labute approximate surface area is 112 Å². The maximum Gasteiger partial charge on any atom is 0.316 e. The summed E-state index contributed by atoms with van der Waals surface area (Å²) in [6.45, 7) is 1.38. The van der Waals surface area contributed by atoms with Gasteiger partial charge in [0, 0.05) is 11.1 Å². The van der Waals surface area contributed by atoms with Crippen molar-refractivity contribution in [2.75, 3.05) is 0 Å². The number of carbonyl (C=O) groups excluding carboxylic acids is 2. The molecule has 1 aliphatic rings. The lowest BCUT2D eigenvalue weighted by Crippen LogP contribution is -2.24. The van der Waals surface area contributed by atoms with Gasteiger partial charge in [0.2, 0.25) is 11.6 Å². The van der Waals surface area contributed by atoms with Crippen LogP contribution in [0.5, 0.6) is 0 Å². The van der Waals surface area contributed by atoms with E-state index in [9.17, 15) is 19.5 Å². The van der Waals surface area contributed by atoms with Crippen LogP contribution in [0.1, 0.15) is 22.8 Å². The van der Waals surface area contributed by atoms with Crippen LogP contribution in [0.4, 0.5) is 0 Å². The highest BCUT2D eigenvalue weighted by Gasteiger charge is 2.34. The first kappa shape index (κ1) is 13.4. The number of ketones is 2. The van der Waals surface area contributed by atoms with E-state index in [1.807, 2.05) is 0 Å². The van der Waals surface area contributed by atoms with E-state index >= 15 is 0 Å². The summed E-state index contributed by atoms with van der Waals surface area (Å²) >= 11 is 0.672. The molecule has 6 heteroatoms. The number of rotatable bonds is 3. The van der Waals surface area contributed by atoms with Crippen molar-refractivity contribution in [3.8, 4) is 0 Å². The molecule has 0 bridgehead atoms. The third-order valence-corrected chi connectivity index (χ3v) is 3.87. The van der Waals surface area contributed by atoms with Crippen molar-refractivity contribution in [1.82, 2.24) is 0 Å². The lowest BCUT2D eigenvalue weighted by atomic mass is 9.94. The summed E-state index contributed by atoms with van der Waals surface area (Å²) < 4.78 is 0. The lowest BCUT2D eigenvalue weighted by Gasteiger charge is -2.18. The second kappa shape index (κ2) is 4.89. The van der Waals surface area contributed by atoms with E-state index in [-0.39, 0.29) is 21.8 Å². The zero-order valence-electron chi connectivity index (χ0n) is 9.91. The van der Waals surface area contributed by atoms with Gasteiger partial charge in [0.25, 0.3) is 0 Å². The predicted molar refractivity (Wildman–Crippen MR) is 70.0 cm³/mol. The van der Waals surface area contributed by atoms with E-state index in [0.717, 1.165) is 0 Å². The molecule has 0 radical (unpaired) electrons. The molecule has 0 aliphatic heterocycles. The van der Waals surface area contributed by atoms with Gasteiger partial charge in [-0.3, -0.25) is 14.4 Å². The van der Waals surface area contributed by atoms with Crippen molar-refractivity contribution in [1.29, 1.82) is 0 Å². The first-order valence-corrected chi connectivity index (χ1v) is 6.32. The third kappa shape index (κ3) is 2.26. The molecule has 0 aromatic heterocycles. The SMILES string of the molecule is CC(SC1=C(O)c2ccccc2C(=O)C1=O)C(=O)O. The van der Waals surface area contributed by atoms with Crippen LogP contribution in [0.15, 0.2) is 29.2 Å². The third-order valence-electron chi connectivity index (χ3n) is 2.70. The van der Waals surface area contributed by atoms with E-state index in [1.54, 1.807) is 12.1 Å². The Bertz CT molecular complexity index is 617. The number of aliphatic carboxylic acids is 1. The number of carboxylic acid groups (broad SMARTS) is 1. The van der Waals surface area contributed by atoms with Gasteiger partial charge in [0.15, 0.2) is 0 Å². The molecule has 0 amide bonds. The fraction of sp³-hybridized carbons (Fsp3) is 0.154. The maximum atomic E-state index is 11.9. The molecule has 5 nitrogen and oxygen atoms in total. The zero-order chi connectivity index (χ0) is 14.2. The van der Waals surface area contributed by atoms with Crippen molar-refractivity contribution in [2.24, 2.45) is 0 Å². The van der Waals surface area contributed by atoms with Crippen LogP contribution in [-0.4, -0.2) is 33.0 Å². The fourth-order valence-corrected chi connectivity index (χ4v) is 2.56. The number of Topliss-reactive ketones (excluding diaryl/α,β-unsaturated/α-hetero) is 2. The molecular weight excluding hydrogens is 268 g/mol. The monoisotopic (exact) mass is 278 g/mol. The Balaban J connectivity index is 2.51. The topological polar surface area (TPSA) is 91.7 Å². The molecule has 2 rings (SSSR count). The normalized spacial score (nSPS) is 16.3. The second-order valence-electron chi connectivity index (χ2n) is 3.98. The molecule has 0 fully saturated rings. The Morgan fingerprint density at radius 2 is 1.74 bits per heavy atom. The van der Waals surface area contributed by atoms with Crippen LogP contribution >= 0.6 is 11.8 Å². The molecule has 98 valence electrons. The van der Waals surface area contributed by atoms with Gasteiger partial charge in [0.1, 0.15) is 15.9 Å². The molecule has 19 heavy (non-hydrogen) atoms. The number of fused-ring (bicyclic) bond motifs is 1. The number of carbonyl (C=O) groups is 3. The van der Waals surface area contributed by atoms with Gasteiger partial charge < -0.3 is 10.2 Å². The van der Waals surface area contributed by atoms with E-state index in [2.05, 4.69) is 0 Å². The van der Waals surface area contributed by atoms with Gasteiger partial charge in [-0.2, -0.15) is 0 Å².